The van der Waals surface area contributed by atoms with Crippen molar-refractivity contribution >= 4 is 17.1 Å². The number of hydrogen-bond acceptors (Lipinski definition) is 3. The lowest BCUT2D eigenvalue weighted by atomic mass is 10.1. The summed E-state index contributed by atoms with van der Waals surface area (Å²) in [6.07, 6.45) is -2.57. The summed E-state index contributed by atoms with van der Waals surface area (Å²) in [6, 6.07) is 0.258. The van der Waals surface area contributed by atoms with E-state index in [1.807, 2.05) is 0 Å². The van der Waals surface area contributed by atoms with E-state index in [4.69, 9.17) is 12.2 Å². The van der Waals surface area contributed by atoms with Crippen molar-refractivity contribution in [1.82, 2.24) is 10.2 Å². The molecule has 0 amide bonds. The third kappa shape index (κ3) is 5.44. The van der Waals surface area contributed by atoms with Crippen LogP contribution in [0, 0.1) is 0 Å². The van der Waals surface area contributed by atoms with Gasteiger partial charge in [0.2, 0.25) is 0 Å². The first kappa shape index (κ1) is 12.9. The number of alkyl halides is 3. The molecule has 0 aliphatic carbocycles. The number of halogens is 3. The van der Waals surface area contributed by atoms with E-state index < -0.39 is 12.7 Å². The molecule has 0 radical (unpaired) electrons. The Hall–Kier alpha value is -0.200. The first-order valence-corrected chi connectivity index (χ1v) is 5.28. The van der Waals surface area contributed by atoms with Crippen molar-refractivity contribution in [2.45, 2.75) is 25.1 Å². The summed E-state index contributed by atoms with van der Waals surface area (Å²) in [7, 11) is 1.49. The molecule has 2 nitrogen and oxygen atoms in total. The zero-order valence-corrected chi connectivity index (χ0v) is 9.42. The Bertz CT molecular complexity index is 230. The Morgan fingerprint density at radius 2 is 2.20 bits per heavy atom. The van der Waals surface area contributed by atoms with Crippen LogP contribution in [0.4, 0.5) is 13.2 Å². The molecule has 1 aliphatic heterocycles. The van der Waals surface area contributed by atoms with Crippen molar-refractivity contribution in [3.05, 3.63) is 0 Å². The molecule has 1 unspecified atom stereocenters. The molecule has 1 rings (SSSR count). The summed E-state index contributed by atoms with van der Waals surface area (Å²) in [4.78, 5) is 2.27. The van der Waals surface area contributed by atoms with E-state index in [1.54, 1.807) is 0 Å². The van der Waals surface area contributed by atoms with E-state index in [-0.39, 0.29) is 6.04 Å². The van der Waals surface area contributed by atoms with Gasteiger partial charge in [0.15, 0.2) is 0 Å². The number of thiocarbonyl (C=S) groups is 1. The fraction of sp³-hybridized carbons (Fsp3) is 0.889. The molecule has 0 saturated carbocycles. The summed E-state index contributed by atoms with van der Waals surface area (Å²) in [5.74, 6) is 0. The average molecular weight is 240 g/mol. The number of nitrogens with zero attached hydrogens (tertiary/aromatic N) is 1. The van der Waals surface area contributed by atoms with Crippen molar-refractivity contribution in [3.8, 4) is 0 Å². The Balaban J connectivity index is 2.17. The minimum absolute atomic E-state index is 0.258. The van der Waals surface area contributed by atoms with Crippen molar-refractivity contribution in [1.29, 1.82) is 0 Å². The van der Waals surface area contributed by atoms with Crippen LogP contribution < -0.4 is 5.32 Å². The predicted molar refractivity (Wildman–Crippen MR) is 57.2 cm³/mol. The molecule has 1 fully saturated rings. The average Bonchev–Trinajstić information content (AvgIpc) is 2.45. The first-order chi connectivity index (χ1) is 6.87. The van der Waals surface area contributed by atoms with Crippen LogP contribution in [0.1, 0.15) is 12.8 Å². The monoisotopic (exact) mass is 240 g/mol. The summed E-state index contributed by atoms with van der Waals surface area (Å²) in [5.41, 5.74) is 0. The van der Waals surface area contributed by atoms with E-state index >= 15 is 0 Å². The largest absolute Gasteiger partial charge is 0.401 e. The smallest absolute Gasteiger partial charge is 0.309 e. The van der Waals surface area contributed by atoms with E-state index in [0.717, 1.165) is 17.8 Å². The van der Waals surface area contributed by atoms with Gasteiger partial charge in [0.25, 0.3) is 0 Å². The standard InChI is InChI=1S/C9H15F3N2S/c1-14(6-9(10,11)12)3-2-7-4-8(15)5-13-7/h7,13H,2-6H2,1H3. The normalized spacial score (nSPS) is 22.7. The molecular formula is C9H15F3N2S. The zero-order valence-electron chi connectivity index (χ0n) is 8.60. The van der Waals surface area contributed by atoms with Crippen molar-refractivity contribution in [2.24, 2.45) is 0 Å². The quantitative estimate of drug-likeness (QED) is 0.751. The van der Waals surface area contributed by atoms with Gasteiger partial charge in [-0.3, -0.25) is 4.90 Å². The highest BCUT2D eigenvalue weighted by Gasteiger charge is 2.29. The van der Waals surface area contributed by atoms with Gasteiger partial charge in [-0.15, -0.1) is 0 Å². The van der Waals surface area contributed by atoms with Crippen LogP contribution >= 0.6 is 12.2 Å². The van der Waals surface area contributed by atoms with Crippen LogP contribution in [0.15, 0.2) is 0 Å². The summed E-state index contributed by atoms with van der Waals surface area (Å²) < 4.78 is 36.0. The topological polar surface area (TPSA) is 15.3 Å². The highest BCUT2D eigenvalue weighted by molar-refractivity contribution is 7.80. The molecule has 6 heteroatoms. The van der Waals surface area contributed by atoms with E-state index in [0.29, 0.717) is 13.0 Å². The molecule has 0 aromatic rings. The first-order valence-electron chi connectivity index (χ1n) is 4.87. The molecule has 1 N–H and O–H groups in total. The van der Waals surface area contributed by atoms with E-state index in [2.05, 4.69) is 5.32 Å². The number of hydrogen-bond donors (Lipinski definition) is 1. The van der Waals surface area contributed by atoms with Crippen LogP contribution in [0.25, 0.3) is 0 Å². The van der Waals surface area contributed by atoms with Crippen LogP contribution in [0.2, 0.25) is 0 Å². The number of rotatable bonds is 4. The van der Waals surface area contributed by atoms with Gasteiger partial charge in [0.1, 0.15) is 0 Å². The highest BCUT2D eigenvalue weighted by Crippen LogP contribution is 2.16. The molecular weight excluding hydrogens is 225 g/mol. The second-order valence-corrected chi connectivity index (χ2v) is 4.54. The van der Waals surface area contributed by atoms with Gasteiger partial charge in [0.05, 0.1) is 6.54 Å². The molecule has 0 spiro atoms. The third-order valence-electron chi connectivity index (χ3n) is 2.37. The molecule has 15 heavy (non-hydrogen) atoms. The van der Waals surface area contributed by atoms with Gasteiger partial charge in [-0.05, 0) is 26.4 Å². The minimum atomic E-state index is -4.10. The summed E-state index contributed by atoms with van der Waals surface area (Å²) in [6.45, 7) is 0.326. The molecule has 0 aromatic heterocycles. The van der Waals surface area contributed by atoms with Crippen LogP contribution in [0.5, 0.6) is 0 Å². The lowest BCUT2D eigenvalue weighted by Crippen LogP contribution is -2.34. The van der Waals surface area contributed by atoms with E-state index in [9.17, 15) is 13.2 Å². The van der Waals surface area contributed by atoms with Crippen LogP contribution in [0.3, 0.4) is 0 Å². The lowest BCUT2D eigenvalue weighted by molar-refractivity contribution is -0.143. The predicted octanol–water partition coefficient (Wildman–Crippen LogP) is 1.60. The molecule has 0 aromatic carbocycles. The second kappa shape index (κ2) is 5.23. The van der Waals surface area contributed by atoms with Crippen molar-refractivity contribution in [3.63, 3.8) is 0 Å². The second-order valence-electron chi connectivity index (χ2n) is 3.96. The van der Waals surface area contributed by atoms with Gasteiger partial charge in [-0.25, -0.2) is 0 Å². The number of nitrogens with one attached hydrogen (secondary N) is 1. The fourth-order valence-corrected chi connectivity index (χ4v) is 1.93. The maximum absolute atomic E-state index is 12.0. The van der Waals surface area contributed by atoms with Gasteiger partial charge in [-0.1, -0.05) is 12.2 Å². The van der Waals surface area contributed by atoms with Gasteiger partial charge < -0.3 is 5.32 Å². The van der Waals surface area contributed by atoms with E-state index in [1.165, 1.54) is 11.9 Å². The Morgan fingerprint density at radius 3 is 2.67 bits per heavy atom. The lowest BCUT2D eigenvalue weighted by Gasteiger charge is -2.20. The summed E-state index contributed by atoms with van der Waals surface area (Å²) in [5, 5.41) is 3.18. The minimum Gasteiger partial charge on any atom is -0.309 e. The molecule has 0 bridgehead atoms. The maximum atomic E-state index is 12.0. The Kier molecular flexibility index (Phi) is 4.48. The highest BCUT2D eigenvalue weighted by atomic mass is 32.1. The Labute approximate surface area is 92.8 Å². The van der Waals surface area contributed by atoms with Crippen LogP contribution in [-0.2, 0) is 0 Å². The third-order valence-corrected chi connectivity index (χ3v) is 2.68. The zero-order chi connectivity index (χ0) is 11.5. The fourth-order valence-electron chi connectivity index (χ4n) is 1.64. The van der Waals surface area contributed by atoms with Crippen molar-refractivity contribution in [2.75, 3.05) is 26.7 Å². The molecule has 88 valence electrons. The molecule has 1 atom stereocenters. The summed E-state index contributed by atoms with van der Waals surface area (Å²) >= 11 is 5.01. The Morgan fingerprint density at radius 1 is 1.53 bits per heavy atom. The maximum Gasteiger partial charge on any atom is 0.401 e. The van der Waals surface area contributed by atoms with Gasteiger partial charge in [-0.2, -0.15) is 13.2 Å². The van der Waals surface area contributed by atoms with Gasteiger partial charge in [0, 0.05) is 17.5 Å². The molecule has 1 saturated heterocycles. The molecule has 1 aliphatic rings. The molecule has 1 heterocycles. The van der Waals surface area contributed by atoms with Gasteiger partial charge >= 0.3 is 6.18 Å². The van der Waals surface area contributed by atoms with Crippen LogP contribution in [-0.4, -0.2) is 48.7 Å². The SMILES string of the molecule is CN(CCC1CC(=S)CN1)CC(F)(F)F. The van der Waals surface area contributed by atoms with Crippen molar-refractivity contribution < 1.29 is 13.2 Å².